The Morgan fingerprint density at radius 1 is 1.47 bits per heavy atom. The van der Waals surface area contributed by atoms with Crippen LogP contribution < -0.4 is 5.32 Å². The molecule has 1 atom stereocenters. The fourth-order valence-corrected chi connectivity index (χ4v) is 1.35. The number of hydrogen-bond donors (Lipinski definition) is 1. The molecule has 1 unspecified atom stereocenters. The van der Waals surface area contributed by atoms with Gasteiger partial charge in [0.1, 0.15) is 5.76 Å². The van der Waals surface area contributed by atoms with Crippen LogP contribution in [0, 0.1) is 0 Å². The summed E-state index contributed by atoms with van der Waals surface area (Å²) in [6.45, 7) is 3.38. The summed E-state index contributed by atoms with van der Waals surface area (Å²) in [5.74, 6) is 0.493. The molecule has 5 heteroatoms. The minimum absolute atomic E-state index is 0.230. The molecule has 0 aliphatic heterocycles. The molecule has 0 amide bonds. The quantitative estimate of drug-likeness (QED) is 0.734. The van der Waals surface area contributed by atoms with E-state index < -0.39 is 5.97 Å². The van der Waals surface area contributed by atoms with Gasteiger partial charge in [-0.3, -0.25) is 0 Å². The van der Waals surface area contributed by atoms with E-state index in [-0.39, 0.29) is 5.76 Å². The van der Waals surface area contributed by atoms with Crippen LogP contribution in [0.4, 0.5) is 0 Å². The van der Waals surface area contributed by atoms with Crippen LogP contribution in [0.1, 0.15) is 29.7 Å². The maximum absolute atomic E-state index is 11.2. The highest BCUT2D eigenvalue weighted by Gasteiger charge is 2.11. The van der Waals surface area contributed by atoms with Crippen molar-refractivity contribution < 1.29 is 18.7 Å². The average Bonchev–Trinajstić information content (AvgIpc) is 2.81. The van der Waals surface area contributed by atoms with Gasteiger partial charge in [0, 0.05) is 19.8 Å². The van der Waals surface area contributed by atoms with Crippen molar-refractivity contribution in [3.8, 4) is 0 Å². The Kier molecular flexibility index (Phi) is 5.72. The van der Waals surface area contributed by atoms with Crippen LogP contribution in [0.25, 0.3) is 0 Å². The smallest absolute Gasteiger partial charge is 0.373 e. The van der Waals surface area contributed by atoms with Crippen LogP contribution in [-0.2, 0) is 16.0 Å². The highest BCUT2D eigenvalue weighted by molar-refractivity contribution is 5.86. The number of esters is 1. The van der Waals surface area contributed by atoms with Gasteiger partial charge in [-0.1, -0.05) is 0 Å². The number of nitrogens with one attached hydrogen (secondary N) is 1. The molecule has 0 fully saturated rings. The zero-order chi connectivity index (χ0) is 12.7. The van der Waals surface area contributed by atoms with Gasteiger partial charge in [-0.2, -0.15) is 0 Å². The minimum Gasteiger partial charge on any atom is -0.463 e. The fourth-order valence-electron chi connectivity index (χ4n) is 1.35. The molecule has 0 aliphatic carbocycles. The molecule has 0 spiro atoms. The van der Waals surface area contributed by atoms with Gasteiger partial charge >= 0.3 is 5.97 Å². The number of carbonyl (C=O) groups excluding carboxylic acids is 1. The number of rotatable bonds is 7. The van der Waals surface area contributed by atoms with E-state index in [1.165, 1.54) is 7.11 Å². The van der Waals surface area contributed by atoms with E-state index in [0.29, 0.717) is 12.6 Å². The van der Waals surface area contributed by atoms with Crippen molar-refractivity contribution in [2.75, 3.05) is 20.8 Å². The highest BCUT2D eigenvalue weighted by atomic mass is 16.5. The Hall–Kier alpha value is -1.33. The monoisotopic (exact) mass is 241 g/mol. The minimum atomic E-state index is -0.455. The van der Waals surface area contributed by atoms with E-state index in [4.69, 9.17) is 9.15 Å². The molecule has 0 saturated heterocycles. The van der Waals surface area contributed by atoms with Crippen molar-refractivity contribution in [2.45, 2.75) is 25.9 Å². The fraction of sp³-hybridized carbons (Fsp3) is 0.583. The maximum Gasteiger partial charge on any atom is 0.373 e. The number of carbonyl (C=O) groups is 1. The summed E-state index contributed by atoms with van der Waals surface area (Å²) < 4.78 is 14.9. The molecule has 17 heavy (non-hydrogen) atoms. The first-order valence-electron chi connectivity index (χ1n) is 5.56. The number of hydrogen-bond acceptors (Lipinski definition) is 5. The lowest BCUT2D eigenvalue weighted by Gasteiger charge is -2.11. The SMILES string of the molecule is COCCC(C)NCc1ccc(C(=O)OC)o1. The van der Waals surface area contributed by atoms with Gasteiger partial charge in [0.2, 0.25) is 5.76 Å². The summed E-state index contributed by atoms with van der Waals surface area (Å²) >= 11 is 0. The summed E-state index contributed by atoms with van der Waals surface area (Å²) in [4.78, 5) is 11.2. The second-order valence-electron chi connectivity index (χ2n) is 3.82. The zero-order valence-corrected chi connectivity index (χ0v) is 10.5. The lowest BCUT2D eigenvalue weighted by atomic mass is 10.2. The topological polar surface area (TPSA) is 60.7 Å². The van der Waals surface area contributed by atoms with Crippen LogP contribution in [0.2, 0.25) is 0 Å². The van der Waals surface area contributed by atoms with Crippen molar-refractivity contribution in [1.29, 1.82) is 0 Å². The third kappa shape index (κ3) is 4.58. The molecule has 0 aromatic carbocycles. The molecule has 1 rings (SSSR count). The Labute approximate surface area is 101 Å². The molecule has 0 aliphatic rings. The van der Waals surface area contributed by atoms with Gasteiger partial charge in [-0.15, -0.1) is 0 Å². The van der Waals surface area contributed by atoms with Gasteiger partial charge in [-0.05, 0) is 25.5 Å². The second kappa shape index (κ2) is 7.09. The largest absolute Gasteiger partial charge is 0.463 e. The van der Waals surface area contributed by atoms with E-state index in [9.17, 15) is 4.79 Å². The van der Waals surface area contributed by atoms with Crippen LogP contribution in [0.5, 0.6) is 0 Å². The standard InChI is InChI=1S/C12H19NO4/c1-9(6-7-15-2)13-8-10-4-5-11(17-10)12(14)16-3/h4-5,9,13H,6-8H2,1-3H3. The molecule has 96 valence electrons. The molecule has 0 saturated carbocycles. The van der Waals surface area contributed by atoms with Gasteiger partial charge in [-0.25, -0.2) is 4.79 Å². The summed E-state index contributed by atoms with van der Waals surface area (Å²) in [6, 6.07) is 3.71. The summed E-state index contributed by atoms with van der Waals surface area (Å²) in [5.41, 5.74) is 0. The van der Waals surface area contributed by atoms with E-state index in [2.05, 4.69) is 17.0 Å². The van der Waals surface area contributed by atoms with Crippen LogP contribution in [-0.4, -0.2) is 32.8 Å². The number of ether oxygens (including phenoxy) is 2. The molecular formula is C12H19NO4. The number of methoxy groups -OCH3 is 2. The lowest BCUT2D eigenvalue weighted by molar-refractivity contribution is 0.0563. The lowest BCUT2D eigenvalue weighted by Crippen LogP contribution is -2.26. The van der Waals surface area contributed by atoms with Gasteiger partial charge in [0.05, 0.1) is 13.7 Å². The molecule has 5 nitrogen and oxygen atoms in total. The predicted molar refractivity (Wildman–Crippen MR) is 62.8 cm³/mol. The van der Waals surface area contributed by atoms with E-state index >= 15 is 0 Å². The van der Waals surface area contributed by atoms with Crippen molar-refractivity contribution >= 4 is 5.97 Å². The predicted octanol–water partition coefficient (Wildman–Crippen LogP) is 1.58. The normalized spacial score (nSPS) is 12.4. The summed E-state index contributed by atoms with van der Waals surface area (Å²) in [5, 5.41) is 3.28. The van der Waals surface area contributed by atoms with Crippen molar-refractivity contribution in [1.82, 2.24) is 5.32 Å². The first-order chi connectivity index (χ1) is 8.17. The van der Waals surface area contributed by atoms with E-state index in [0.717, 1.165) is 18.8 Å². The van der Waals surface area contributed by atoms with Gasteiger partial charge < -0.3 is 19.2 Å². The summed E-state index contributed by atoms with van der Waals surface area (Å²) in [7, 11) is 3.01. The molecule has 1 heterocycles. The third-order valence-electron chi connectivity index (χ3n) is 2.43. The zero-order valence-electron chi connectivity index (χ0n) is 10.5. The maximum atomic E-state index is 11.2. The van der Waals surface area contributed by atoms with Crippen LogP contribution in [0.3, 0.4) is 0 Å². The van der Waals surface area contributed by atoms with Crippen molar-refractivity contribution in [3.05, 3.63) is 23.7 Å². The van der Waals surface area contributed by atoms with Crippen LogP contribution >= 0.6 is 0 Å². The first kappa shape index (κ1) is 13.7. The molecule has 0 bridgehead atoms. The third-order valence-corrected chi connectivity index (χ3v) is 2.43. The molecule has 0 radical (unpaired) electrons. The Morgan fingerprint density at radius 3 is 2.88 bits per heavy atom. The molecule has 1 aromatic heterocycles. The number of furan rings is 1. The Morgan fingerprint density at radius 2 is 2.24 bits per heavy atom. The molecule has 1 aromatic rings. The molecule has 1 N–H and O–H groups in total. The average molecular weight is 241 g/mol. The molecular weight excluding hydrogens is 222 g/mol. The van der Waals surface area contributed by atoms with E-state index in [1.807, 2.05) is 0 Å². The first-order valence-corrected chi connectivity index (χ1v) is 5.56. The van der Waals surface area contributed by atoms with Crippen LogP contribution in [0.15, 0.2) is 16.5 Å². The Bertz CT molecular complexity index is 348. The van der Waals surface area contributed by atoms with Gasteiger partial charge in [0.25, 0.3) is 0 Å². The van der Waals surface area contributed by atoms with Crippen molar-refractivity contribution in [3.63, 3.8) is 0 Å². The second-order valence-corrected chi connectivity index (χ2v) is 3.82. The van der Waals surface area contributed by atoms with E-state index in [1.54, 1.807) is 19.2 Å². The highest BCUT2D eigenvalue weighted by Crippen LogP contribution is 2.09. The summed E-state index contributed by atoms with van der Waals surface area (Å²) in [6.07, 6.45) is 0.932. The van der Waals surface area contributed by atoms with Crippen molar-refractivity contribution in [2.24, 2.45) is 0 Å². The van der Waals surface area contributed by atoms with Gasteiger partial charge in [0.15, 0.2) is 0 Å². The Balaban J connectivity index is 2.36.